The highest BCUT2D eigenvalue weighted by atomic mass is 32.2. The van der Waals surface area contributed by atoms with Crippen molar-refractivity contribution in [2.24, 2.45) is 0 Å². The lowest BCUT2D eigenvalue weighted by Crippen LogP contribution is -1.58. The molecule has 0 aliphatic carbocycles. The minimum absolute atomic E-state index is 1.17. The quantitative estimate of drug-likeness (QED) is 0.426. The van der Waals surface area contributed by atoms with Crippen molar-refractivity contribution in [1.29, 1.82) is 0 Å². The first-order valence-corrected chi connectivity index (χ1v) is 3.29. The first-order valence-electron chi connectivity index (χ1n) is 2.48. The van der Waals surface area contributed by atoms with Gasteiger partial charge in [0.15, 0.2) is 0 Å². The molecule has 1 aliphatic rings. The predicted molar refractivity (Wildman–Crippen MR) is 35.4 cm³/mol. The van der Waals surface area contributed by atoms with Crippen LogP contribution in [0.15, 0.2) is 34.7 Å². The molecule has 1 aromatic heterocycles. The van der Waals surface area contributed by atoms with E-state index >= 15 is 0 Å². The molecule has 0 saturated heterocycles. The standard InChI is InChI=1S/C3H3NO.C2H2O2S/c1-2-4-5-3-1;1-2-5-4-3-1/h1-3H;1-2H. The summed E-state index contributed by atoms with van der Waals surface area (Å²) >= 11 is 1.17. The molecule has 1 aromatic rings. The summed E-state index contributed by atoms with van der Waals surface area (Å²) in [6.45, 7) is 0. The van der Waals surface area contributed by atoms with Crippen LogP contribution in [0.3, 0.4) is 0 Å². The highest BCUT2D eigenvalue weighted by molar-refractivity contribution is 7.97. The normalized spacial score (nSPS) is 13.6. The molecule has 2 heterocycles. The zero-order valence-corrected chi connectivity index (χ0v) is 5.78. The summed E-state index contributed by atoms with van der Waals surface area (Å²) in [5.41, 5.74) is 0. The van der Waals surface area contributed by atoms with Crippen LogP contribution in [0.4, 0.5) is 0 Å². The molecule has 0 aromatic carbocycles. The minimum atomic E-state index is 1.17. The van der Waals surface area contributed by atoms with E-state index in [1.54, 1.807) is 17.7 Å². The highest BCUT2D eigenvalue weighted by Gasteiger charge is 1.86. The Kier molecular flexibility index (Phi) is 3.51. The number of nitrogens with zero attached hydrogens (tertiary/aromatic N) is 1. The smallest absolute Gasteiger partial charge is 0.139 e. The second-order valence-electron chi connectivity index (χ2n) is 1.22. The maximum atomic E-state index is 4.33. The summed E-state index contributed by atoms with van der Waals surface area (Å²) in [7, 11) is 0. The number of rotatable bonds is 0. The zero-order chi connectivity index (χ0) is 7.07. The first-order chi connectivity index (χ1) is 5.00. The molecular formula is C5H5NO3S. The predicted octanol–water partition coefficient (Wildman–Crippen LogP) is 1.74. The van der Waals surface area contributed by atoms with Gasteiger partial charge in [0.2, 0.25) is 0 Å². The maximum absolute atomic E-state index is 4.33. The Morgan fingerprint density at radius 2 is 2.40 bits per heavy atom. The summed E-state index contributed by atoms with van der Waals surface area (Å²) in [6, 6.07) is 1.72. The molecule has 0 bridgehead atoms. The Labute approximate surface area is 61.9 Å². The van der Waals surface area contributed by atoms with E-state index < -0.39 is 0 Å². The van der Waals surface area contributed by atoms with E-state index in [1.165, 1.54) is 24.6 Å². The van der Waals surface area contributed by atoms with E-state index in [9.17, 15) is 0 Å². The van der Waals surface area contributed by atoms with Crippen LogP contribution in [0.1, 0.15) is 0 Å². The van der Waals surface area contributed by atoms with Gasteiger partial charge in [0, 0.05) is 5.41 Å². The van der Waals surface area contributed by atoms with Gasteiger partial charge in [0.25, 0.3) is 0 Å². The lowest BCUT2D eigenvalue weighted by atomic mass is 10.8. The van der Waals surface area contributed by atoms with Crippen molar-refractivity contribution in [3.8, 4) is 0 Å². The van der Waals surface area contributed by atoms with Crippen molar-refractivity contribution in [3.05, 3.63) is 30.2 Å². The third-order valence-electron chi connectivity index (χ3n) is 0.592. The van der Waals surface area contributed by atoms with Crippen LogP contribution < -0.4 is 0 Å². The van der Waals surface area contributed by atoms with Gasteiger partial charge in [-0.15, -0.1) is 4.33 Å². The average Bonchev–Trinajstić information content (AvgIpc) is 2.67. The molecule has 2 rings (SSSR count). The van der Waals surface area contributed by atoms with Crippen LogP contribution in [-0.2, 0) is 9.22 Å². The molecule has 0 atom stereocenters. The van der Waals surface area contributed by atoms with E-state index in [-0.39, 0.29) is 0 Å². The fourth-order valence-electron chi connectivity index (χ4n) is 0.289. The van der Waals surface area contributed by atoms with Gasteiger partial charge in [-0.3, -0.25) is 0 Å². The fraction of sp³-hybridized carbons (Fsp3) is 0. The second-order valence-corrected chi connectivity index (χ2v) is 1.82. The summed E-state index contributed by atoms with van der Waals surface area (Å²) in [5, 5.41) is 5.06. The Morgan fingerprint density at radius 3 is 2.60 bits per heavy atom. The minimum Gasteiger partial charge on any atom is -0.365 e. The molecule has 10 heavy (non-hydrogen) atoms. The van der Waals surface area contributed by atoms with Crippen molar-refractivity contribution >= 4 is 12.0 Å². The number of hydrogen-bond acceptors (Lipinski definition) is 5. The van der Waals surface area contributed by atoms with Gasteiger partial charge in [0.05, 0.1) is 18.2 Å². The Hall–Kier alpha value is -0.940. The third-order valence-corrected chi connectivity index (χ3v) is 0.972. The fourth-order valence-corrected chi connectivity index (χ4v) is 0.516. The van der Waals surface area contributed by atoms with Gasteiger partial charge in [-0.2, -0.15) is 0 Å². The van der Waals surface area contributed by atoms with Crippen molar-refractivity contribution in [2.75, 3.05) is 0 Å². The van der Waals surface area contributed by atoms with Crippen LogP contribution in [0, 0.1) is 0 Å². The summed E-state index contributed by atoms with van der Waals surface area (Å²) < 4.78 is 8.58. The summed E-state index contributed by atoms with van der Waals surface area (Å²) in [4.78, 5) is 4.23. The van der Waals surface area contributed by atoms with Gasteiger partial charge < -0.3 is 9.41 Å². The van der Waals surface area contributed by atoms with Gasteiger partial charge in [-0.25, -0.2) is 0 Å². The van der Waals surface area contributed by atoms with Crippen molar-refractivity contribution in [3.63, 3.8) is 0 Å². The van der Waals surface area contributed by atoms with Crippen LogP contribution in [-0.4, -0.2) is 5.16 Å². The topological polar surface area (TPSA) is 44.5 Å². The monoisotopic (exact) mass is 159 g/mol. The molecule has 0 unspecified atom stereocenters. The first kappa shape index (κ1) is 7.17. The lowest BCUT2D eigenvalue weighted by molar-refractivity contribution is -0.121. The molecular weight excluding hydrogens is 154 g/mol. The number of aromatic nitrogens is 1. The molecule has 0 saturated carbocycles. The Bertz CT molecular complexity index is 152. The van der Waals surface area contributed by atoms with E-state index in [0.717, 1.165) is 0 Å². The SMILES string of the molecule is C1=CSOO1.c1cnoc1. The van der Waals surface area contributed by atoms with E-state index in [1.807, 2.05) is 0 Å². The van der Waals surface area contributed by atoms with Crippen LogP contribution >= 0.6 is 12.0 Å². The molecule has 0 amide bonds. The molecule has 5 heteroatoms. The van der Waals surface area contributed by atoms with E-state index in [0.29, 0.717) is 0 Å². The molecule has 1 aliphatic heterocycles. The van der Waals surface area contributed by atoms with Gasteiger partial charge in [0.1, 0.15) is 12.5 Å². The lowest BCUT2D eigenvalue weighted by Gasteiger charge is -1.77. The molecule has 0 fully saturated rings. The van der Waals surface area contributed by atoms with E-state index in [2.05, 4.69) is 18.9 Å². The Morgan fingerprint density at radius 1 is 1.40 bits per heavy atom. The summed E-state index contributed by atoms with van der Waals surface area (Å²) in [5.74, 6) is 0. The molecule has 0 N–H and O–H groups in total. The average molecular weight is 159 g/mol. The van der Waals surface area contributed by atoms with E-state index in [4.69, 9.17) is 0 Å². The summed E-state index contributed by atoms with van der Waals surface area (Å²) in [6.07, 6.45) is 4.57. The van der Waals surface area contributed by atoms with Gasteiger partial charge >= 0.3 is 0 Å². The third kappa shape index (κ3) is 3.16. The van der Waals surface area contributed by atoms with Gasteiger partial charge in [-0.1, -0.05) is 5.16 Å². The molecule has 0 radical (unpaired) electrons. The van der Waals surface area contributed by atoms with Crippen molar-refractivity contribution < 1.29 is 13.7 Å². The van der Waals surface area contributed by atoms with Crippen molar-refractivity contribution in [2.45, 2.75) is 0 Å². The van der Waals surface area contributed by atoms with Crippen LogP contribution in [0.5, 0.6) is 0 Å². The highest BCUT2D eigenvalue weighted by Crippen LogP contribution is 2.11. The largest absolute Gasteiger partial charge is 0.365 e. The second kappa shape index (κ2) is 4.89. The molecule has 54 valence electrons. The van der Waals surface area contributed by atoms with Crippen LogP contribution in [0.2, 0.25) is 0 Å². The molecule has 0 spiro atoms. The molecule has 4 nitrogen and oxygen atoms in total. The van der Waals surface area contributed by atoms with Gasteiger partial charge in [-0.05, 0) is 6.07 Å². The number of hydrogen-bond donors (Lipinski definition) is 0. The Balaban J connectivity index is 0.0000001000. The van der Waals surface area contributed by atoms with Crippen molar-refractivity contribution in [1.82, 2.24) is 5.16 Å². The zero-order valence-electron chi connectivity index (χ0n) is 4.97. The van der Waals surface area contributed by atoms with Crippen LogP contribution in [0.25, 0.3) is 0 Å². The maximum Gasteiger partial charge on any atom is 0.139 e.